The molecule has 0 saturated heterocycles. The van der Waals surface area contributed by atoms with E-state index in [1.807, 2.05) is 12.1 Å². The minimum absolute atomic E-state index is 0.113. The van der Waals surface area contributed by atoms with Crippen molar-refractivity contribution in [2.24, 2.45) is 11.7 Å². The van der Waals surface area contributed by atoms with E-state index in [-0.39, 0.29) is 11.9 Å². The highest BCUT2D eigenvalue weighted by atomic mass is 19.1. The van der Waals surface area contributed by atoms with Gasteiger partial charge in [0.1, 0.15) is 5.82 Å². The molecule has 0 spiro atoms. The maximum atomic E-state index is 13.3. The molecule has 1 fully saturated rings. The molecule has 0 aliphatic heterocycles. The van der Waals surface area contributed by atoms with Crippen LogP contribution in [0.1, 0.15) is 31.2 Å². The lowest BCUT2D eigenvalue weighted by Gasteiger charge is -2.11. The van der Waals surface area contributed by atoms with Crippen LogP contribution in [0.5, 0.6) is 0 Å². The molecule has 2 heteroatoms. The van der Waals surface area contributed by atoms with E-state index < -0.39 is 0 Å². The van der Waals surface area contributed by atoms with E-state index >= 15 is 0 Å². The van der Waals surface area contributed by atoms with Crippen LogP contribution in [0, 0.1) is 11.7 Å². The zero-order valence-corrected chi connectivity index (χ0v) is 8.95. The molecule has 1 atom stereocenters. The van der Waals surface area contributed by atoms with Crippen molar-refractivity contribution in [3.05, 3.63) is 35.6 Å². The molecule has 0 heterocycles. The molecule has 2 N–H and O–H groups in total. The van der Waals surface area contributed by atoms with Crippen molar-refractivity contribution in [1.29, 1.82) is 0 Å². The van der Waals surface area contributed by atoms with Crippen LogP contribution in [0.3, 0.4) is 0 Å². The fourth-order valence-corrected chi connectivity index (χ4v) is 1.90. The quantitative estimate of drug-likeness (QED) is 0.789. The number of halogens is 1. The highest BCUT2D eigenvalue weighted by Crippen LogP contribution is 2.33. The summed E-state index contributed by atoms with van der Waals surface area (Å²) in [7, 11) is 0. The molecule has 0 bridgehead atoms. The highest BCUT2D eigenvalue weighted by Gasteiger charge is 2.21. The van der Waals surface area contributed by atoms with E-state index in [1.54, 1.807) is 6.07 Å². The summed E-state index contributed by atoms with van der Waals surface area (Å²) in [5.41, 5.74) is 6.73. The maximum Gasteiger partial charge on any atom is 0.126 e. The van der Waals surface area contributed by atoms with E-state index in [0.29, 0.717) is 6.42 Å². The normalized spacial score (nSPS) is 17.7. The molecular weight excluding hydrogens is 189 g/mol. The maximum absolute atomic E-state index is 13.3. The van der Waals surface area contributed by atoms with E-state index in [9.17, 15) is 4.39 Å². The van der Waals surface area contributed by atoms with Crippen LogP contribution in [0.25, 0.3) is 0 Å². The number of nitrogens with two attached hydrogens (primary N) is 1. The van der Waals surface area contributed by atoms with Gasteiger partial charge in [0.25, 0.3) is 0 Å². The van der Waals surface area contributed by atoms with Crippen molar-refractivity contribution in [1.82, 2.24) is 0 Å². The van der Waals surface area contributed by atoms with Crippen LogP contribution in [-0.2, 0) is 6.42 Å². The largest absolute Gasteiger partial charge is 0.327 e. The molecule has 1 nitrogen and oxygen atoms in total. The number of hydrogen-bond donors (Lipinski definition) is 1. The molecule has 0 aromatic heterocycles. The van der Waals surface area contributed by atoms with Gasteiger partial charge in [0.15, 0.2) is 0 Å². The molecule has 1 saturated carbocycles. The molecule has 15 heavy (non-hydrogen) atoms. The molecule has 2 rings (SSSR count). The van der Waals surface area contributed by atoms with Crippen molar-refractivity contribution < 1.29 is 4.39 Å². The molecule has 1 aliphatic rings. The minimum Gasteiger partial charge on any atom is -0.327 e. The smallest absolute Gasteiger partial charge is 0.126 e. The summed E-state index contributed by atoms with van der Waals surface area (Å²) in [6, 6.07) is 7.03. The lowest BCUT2D eigenvalue weighted by atomic mass is 10.0. The second kappa shape index (κ2) is 4.75. The third-order valence-electron chi connectivity index (χ3n) is 3.08. The van der Waals surface area contributed by atoms with Gasteiger partial charge in [-0.15, -0.1) is 0 Å². The first-order valence-electron chi connectivity index (χ1n) is 5.74. The van der Waals surface area contributed by atoms with Crippen molar-refractivity contribution in [2.75, 3.05) is 0 Å². The molecule has 1 aliphatic carbocycles. The Labute approximate surface area is 90.5 Å². The topological polar surface area (TPSA) is 26.0 Å². The van der Waals surface area contributed by atoms with Crippen molar-refractivity contribution >= 4 is 0 Å². The van der Waals surface area contributed by atoms with Crippen LogP contribution in [0.15, 0.2) is 24.3 Å². The summed E-state index contributed by atoms with van der Waals surface area (Å²) in [4.78, 5) is 0. The van der Waals surface area contributed by atoms with Gasteiger partial charge in [-0.3, -0.25) is 0 Å². The van der Waals surface area contributed by atoms with Gasteiger partial charge in [-0.05, 0) is 36.8 Å². The predicted octanol–water partition coefficient (Wildman–Crippen LogP) is 2.89. The average molecular weight is 207 g/mol. The Morgan fingerprint density at radius 2 is 2.07 bits per heavy atom. The zero-order chi connectivity index (χ0) is 10.7. The molecule has 1 unspecified atom stereocenters. The predicted molar refractivity (Wildman–Crippen MR) is 60.0 cm³/mol. The van der Waals surface area contributed by atoms with Gasteiger partial charge in [-0.1, -0.05) is 31.0 Å². The van der Waals surface area contributed by atoms with Crippen LogP contribution >= 0.6 is 0 Å². The molecule has 82 valence electrons. The van der Waals surface area contributed by atoms with Crippen LogP contribution < -0.4 is 5.73 Å². The Bertz CT molecular complexity index is 320. The second-order valence-corrected chi connectivity index (χ2v) is 4.58. The zero-order valence-electron chi connectivity index (χ0n) is 8.95. The fourth-order valence-electron chi connectivity index (χ4n) is 1.90. The van der Waals surface area contributed by atoms with E-state index in [0.717, 1.165) is 17.9 Å². The molecule has 1 aromatic carbocycles. The first-order chi connectivity index (χ1) is 7.25. The Kier molecular flexibility index (Phi) is 3.37. The Morgan fingerprint density at radius 1 is 1.33 bits per heavy atom. The van der Waals surface area contributed by atoms with Crippen molar-refractivity contribution in [2.45, 2.75) is 38.1 Å². The monoisotopic (exact) mass is 207 g/mol. The summed E-state index contributed by atoms with van der Waals surface area (Å²) in [5.74, 6) is 0.788. The van der Waals surface area contributed by atoms with Gasteiger partial charge in [0, 0.05) is 6.04 Å². The fraction of sp³-hybridized carbons (Fsp3) is 0.538. The molecule has 0 amide bonds. The summed E-state index contributed by atoms with van der Waals surface area (Å²) in [5, 5.41) is 0. The van der Waals surface area contributed by atoms with Crippen LogP contribution in [0.2, 0.25) is 0 Å². The minimum atomic E-state index is -0.126. The van der Waals surface area contributed by atoms with Crippen LogP contribution in [-0.4, -0.2) is 6.04 Å². The molecule has 0 radical (unpaired) electrons. The summed E-state index contributed by atoms with van der Waals surface area (Å²) < 4.78 is 13.3. The highest BCUT2D eigenvalue weighted by molar-refractivity contribution is 5.18. The van der Waals surface area contributed by atoms with Crippen LogP contribution in [0.4, 0.5) is 4.39 Å². The summed E-state index contributed by atoms with van der Waals surface area (Å²) in [6.45, 7) is 0. The van der Waals surface area contributed by atoms with E-state index in [2.05, 4.69) is 0 Å². The van der Waals surface area contributed by atoms with Crippen molar-refractivity contribution in [3.63, 3.8) is 0 Å². The van der Waals surface area contributed by atoms with E-state index in [4.69, 9.17) is 5.73 Å². The average Bonchev–Trinajstić information content (AvgIpc) is 3.02. The SMILES string of the molecule is NC(CCC1CC1)Cc1ccccc1F. The first-order valence-corrected chi connectivity index (χ1v) is 5.74. The second-order valence-electron chi connectivity index (χ2n) is 4.58. The van der Waals surface area contributed by atoms with Gasteiger partial charge in [0.2, 0.25) is 0 Å². The van der Waals surface area contributed by atoms with Gasteiger partial charge in [-0.2, -0.15) is 0 Å². The Morgan fingerprint density at radius 3 is 2.73 bits per heavy atom. The Balaban J connectivity index is 1.81. The lowest BCUT2D eigenvalue weighted by molar-refractivity contribution is 0.533. The summed E-state index contributed by atoms with van der Waals surface area (Å²) in [6.07, 6.45) is 5.65. The third kappa shape index (κ3) is 3.31. The molecular formula is C13H18FN. The van der Waals surface area contributed by atoms with E-state index in [1.165, 1.54) is 25.3 Å². The van der Waals surface area contributed by atoms with Gasteiger partial charge in [0.05, 0.1) is 0 Å². The first kappa shape index (κ1) is 10.6. The number of benzene rings is 1. The van der Waals surface area contributed by atoms with Gasteiger partial charge in [-0.25, -0.2) is 4.39 Å². The summed E-state index contributed by atoms with van der Waals surface area (Å²) >= 11 is 0. The third-order valence-corrected chi connectivity index (χ3v) is 3.08. The standard InChI is InChI=1S/C13H18FN/c14-13-4-2-1-3-11(13)9-12(15)8-7-10-5-6-10/h1-4,10,12H,5-9,15H2. The molecule has 1 aromatic rings. The van der Waals surface area contributed by atoms with Gasteiger partial charge < -0.3 is 5.73 Å². The van der Waals surface area contributed by atoms with Crippen molar-refractivity contribution in [3.8, 4) is 0 Å². The lowest BCUT2D eigenvalue weighted by Crippen LogP contribution is -2.23. The van der Waals surface area contributed by atoms with Gasteiger partial charge >= 0.3 is 0 Å². The number of rotatable bonds is 5. The Hall–Kier alpha value is -0.890. The number of hydrogen-bond acceptors (Lipinski definition) is 1.